The van der Waals surface area contributed by atoms with Crippen LogP contribution in [0.1, 0.15) is 89.6 Å². The van der Waals surface area contributed by atoms with Gasteiger partial charge >= 0.3 is 12.1 Å². The van der Waals surface area contributed by atoms with Crippen LogP contribution in [0.4, 0.5) is 17.6 Å². The molecule has 1 N–H and O–H groups in total. The number of carbonyl (C=O) groups is 1. The van der Waals surface area contributed by atoms with E-state index in [1.807, 2.05) is 6.07 Å². The summed E-state index contributed by atoms with van der Waals surface area (Å²) in [5.74, 6) is 0.473. The van der Waals surface area contributed by atoms with Crippen molar-refractivity contribution in [3.63, 3.8) is 0 Å². The van der Waals surface area contributed by atoms with Gasteiger partial charge in [0, 0.05) is 17.8 Å². The summed E-state index contributed by atoms with van der Waals surface area (Å²) in [6.45, 7) is 5.81. The van der Waals surface area contributed by atoms with Gasteiger partial charge in [-0.3, -0.25) is 9.69 Å². The molecule has 3 fully saturated rings. The number of rotatable bonds is 9. The van der Waals surface area contributed by atoms with Crippen molar-refractivity contribution in [2.24, 2.45) is 5.92 Å². The third-order valence-corrected chi connectivity index (χ3v) is 10.6. The largest absolute Gasteiger partial charge is 0.480 e. The third kappa shape index (κ3) is 9.14. The molecule has 2 aromatic carbocycles. The Balaban J connectivity index is 0.000000182. The molecule has 244 valence electrons. The van der Waals surface area contributed by atoms with Gasteiger partial charge in [-0.25, -0.2) is 9.37 Å². The number of aromatic nitrogens is 1. The molecule has 0 bridgehead atoms. The van der Waals surface area contributed by atoms with Crippen LogP contribution in [0.5, 0.6) is 0 Å². The lowest BCUT2D eigenvalue weighted by Gasteiger charge is -2.28. The Bertz CT molecular complexity index is 1430. The van der Waals surface area contributed by atoms with Crippen molar-refractivity contribution in [2.75, 3.05) is 33.2 Å². The minimum atomic E-state index is -4.30. The Labute approximate surface area is 267 Å². The van der Waals surface area contributed by atoms with Crippen LogP contribution in [-0.2, 0) is 23.8 Å². The molecule has 0 amide bonds. The first-order valence-electron chi connectivity index (χ1n) is 16.1. The van der Waals surface area contributed by atoms with Crippen LogP contribution < -0.4 is 0 Å². The number of halogens is 4. The Hall–Kier alpha value is -2.82. The maximum Gasteiger partial charge on any atom is 0.416 e. The zero-order valence-electron chi connectivity index (χ0n) is 26.0. The number of alkyl halides is 3. The van der Waals surface area contributed by atoms with Gasteiger partial charge in [-0.15, -0.1) is 11.3 Å². The summed E-state index contributed by atoms with van der Waals surface area (Å²) in [5.41, 5.74) is 2.19. The second-order valence-corrected chi connectivity index (χ2v) is 13.9. The molecule has 3 aromatic rings. The van der Waals surface area contributed by atoms with Crippen LogP contribution in [0.2, 0.25) is 0 Å². The molecule has 0 spiro atoms. The van der Waals surface area contributed by atoms with Crippen molar-refractivity contribution in [1.29, 1.82) is 0 Å². The van der Waals surface area contributed by atoms with Crippen LogP contribution in [0, 0.1) is 11.7 Å². The minimum absolute atomic E-state index is 0.214. The first-order chi connectivity index (χ1) is 21.5. The van der Waals surface area contributed by atoms with Crippen LogP contribution >= 0.6 is 11.3 Å². The molecular formula is C35H43F4N3O2S. The number of carboxylic acids is 1. The zero-order chi connectivity index (χ0) is 32.1. The summed E-state index contributed by atoms with van der Waals surface area (Å²) in [5, 5.41) is 10.3. The van der Waals surface area contributed by atoms with E-state index < -0.39 is 17.7 Å². The molecule has 3 aliphatic rings. The van der Waals surface area contributed by atoms with Gasteiger partial charge in [-0.05, 0) is 106 Å². The van der Waals surface area contributed by atoms with Crippen molar-refractivity contribution in [3.8, 4) is 0 Å². The van der Waals surface area contributed by atoms with Gasteiger partial charge in [0.05, 0.1) is 16.3 Å². The van der Waals surface area contributed by atoms with Gasteiger partial charge in [0.2, 0.25) is 0 Å². The average Bonchev–Trinajstić information content (AvgIpc) is 3.54. The molecule has 10 heteroatoms. The maximum absolute atomic E-state index is 13.3. The molecule has 2 saturated heterocycles. The fourth-order valence-electron chi connectivity index (χ4n) is 6.54. The highest BCUT2D eigenvalue weighted by molar-refractivity contribution is 7.11. The Kier molecular flexibility index (Phi) is 11.0. The van der Waals surface area contributed by atoms with Gasteiger partial charge < -0.3 is 10.0 Å². The monoisotopic (exact) mass is 645 g/mol. The fourth-order valence-corrected chi connectivity index (χ4v) is 7.90. The summed E-state index contributed by atoms with van der Waals surface area (Å²) < 4.78 is 51.9. The number of aryl methyl sites for hydroxylation is 1. The van der Waals surface area contributed by atoms with Crippen molar-refractivity contribution in [1.82, 2.24) is 14.8 Å². The van der Waals surface area contributed by atoms with E-state index in [0.717, 1.165) is 80.6 Å². The van der Waals surface area contributed by atoms with Crippen molar-refractivity contribution < 1.29 is 27.5 Å². The Morgan fingerprint density at radius 2 is 1.73 bits per heavy atom. The number of aliphatic carboxylic acids is 1. The molecule has 1 aromatic heterocycles. The summed E-state index contributed by atoms with van der Waals surface area (Å²) in [6, 6.07) is 11.9. The maximum atomic E-state index is 13.3. The summed E-state index contributed by atoms with van der Waals surface area (Å²) in [6.07, 6.45) is 3.34. The molecule has 0 radical (unpaired) electrons. The normalized spacial score (nSPS) is 20.5. The standard InChI is InChI=1S/C19H23F3N2S.C16H20FNO2/c1-3-16-18(14-7-9-24(2)10-8-14)25-17(23-16)12-13-5-4-6-15(11-13)19(20,21)22;17-14-3-1-2-12(9-14)13-6-7-18(10-13)15(16(19)20)8-11-4-5-11/h4-6,11,14H,3,7-10,12H2,1-2H3;1-3,9,11,13,15H,4-8,10H2,(H,19,20). The summed E-state index contributed by atoms with van der Waals surface area (Å²) in [4.78, 5) is 21.9. The number of benzene rings is 2. The number of hydrogen-bond donors (Lipinski definition) is 1. The van der Waals surface area contributed by atoms with Crippen molar-refractivity contribution in [3.05, 3.63) is 86.6 Å². The van der Waals surface area contributed by atoms with Crippen molar-refractivity contribution in [2.45, 2.75) is 82.3 Å². The lowest BCUT2D eigenvalue weighted by atomic mass is 9.94. The summed E-state index contributed by atoms with van der Waals surface area (Å²) >= 11 is 1.69. The van der Waals surface area contributed by atoms with E-state index in [4.69, 9.17) is 4.98 Å². The van der Waals surface area contributed by atoms with E-state index in [-0.39, 0.29) is 17.8 Å². The predicted molar refractivity (Wildman–Crippen MR) is 169 cm³/mol. The van der Waals surface area contributed by atoms with Crippen molar-refractivity contribution >= 4 is 17.3 Å². The zero-order valence-corrected chi connectivity index (χ0v) is 26.8. The molecule has 5 nitrogen and oxygen atoms in total. The molecule has 1 saturated carbocycles. The van der Waals surface area contributed by atoms with Gasteiger partial charge in [-0.2, -0.15) is 13.2 Å². The van der Waals surface area contributed by atoms with Gasteiger partial charge in [0.1, 0.15) is 11.9 Å². The van der Waals surface area contributed by atoms with E-state index in [9.17, 15) is 27.5 Å². The fraction of sp³-hybridized carbons (Fsp3) is 0.543. The lowest BCUT2D eigenvalue weighted by Crippen LogP contribution is -2.40. The second kappa shape index (κ2) is 14.7. The Morgan fingerprint density at radius 1 is 1.02 bits per heavy atom. The number of likely N-dealkylation sites (tertiary alicyclic amines) is 2. The predicted octanol–water partition coefficient (Wildman–Crippen LogP) is 7.99. The molecule has 1 aliphatic carbocycles. The van der Waals surface area contributed by atoms with E-state index in [1.165, 1.54) is 35.9 Å². The van der Waals surface area contributed by atoms with Crippen LogP contribution in [0.25, 0.3) is 0 Å². The SMILES string of the molecule is CCc1nc(Cc2cccc(C(F)(F)F)c2)sc1C1CCN(C)CC1.O=C(O)C(CC1CC1)N1CCC(c2cccc(F)c2)C1. The molecule has 45 heavy (non-hydrogen) atoms. The minimum Gasteiger partial charge on any atom is -0.480 e. The van der Waals surface area contributed by atoms with E-state index in [2.05, 4.69) is 23.8 Å². The van der Waals surface area contributed by atoms with E-state index >= 15 is 0 Å². The highest BCUT2D eigenvalue weighted by Gasteiger charge is 2.37. The number of piperidine rings is 1. The first kappa shape index (κ1) is 33.5. The van der Waals surface area contributed by atoms with E-state index in [1.54, 1.807) is 29.5 Å². The highest BCUT2D eigenvalue weighted by atomic mass is 32.1. The number of thiazole rings is 1. The molecule has 2 aliphatic heterocycles. The molecule has 2 atom stereocenters. The highest BCUT2D eigenvalue weighted by Crippen LogP contribution is 2.38. The smallest absolute Gasteiger partial charge is 0.416 e. The van der Waals surface area contributed by atoms with Gasteiger partial charge in [0.15, 0.2) is 0 Å². The average molecular weight is 646 g/mol. The van der Waals surface area contributed by atoms with Crippen LogP contribution in [-0.4, -0.2) is 65.1 Å². The van der Waals surface area contributed by atoms with Crippen LogP contribution in [0.15, 0.2) is 48.5 Å². The molecule has 2 unspecified atom stereocenters. The van der Waals surface area contributed by atoms with E-state index in [0.29, 0.717) is 23.8 Å². The lowest BCUT2D eigenvalue weighted by molar-refractivity contribution is -0.143. The quantitative estimate of drug-likeness (QED) is 0.239. The number of carboxylic acid groups (broad SMARTS) is 1. The molecule has 6 rings (SSSR count). The topological polar surface area (TPSA) is 56.7 Å². The first-order valence-corrected chi connectivity index (χ1v) is 16.9. The van der Waals surface area contributed by atoms with Crippen LogP contribution in [0.3, 0.4) is 0 Å². The third-order valence-electron chi connectivity index (χ3n) is 9.32. The number of nitrogens with zero attached hydrogens (tertiary/aromatic N) is 3. The molecular weight excluding hydrogens is 602 g/mol. The second-order valence-electron chi connectivity index (χ2n) is 12.8. The summed E-state index contributed by atoms with van der Waals surface area (Å²) in [7, 11) is 2.14. The number of hydrogen-bond acceptors (Lipinski definition) is 5. The molecule has 3 heterocycles. The van der Waals surface area contributed by atoms with Gasteiger partial charge in [0.25, 0.3) is 0 Å². The Morgan fingerprint density at radius 3 is 2.38 bits per heavy atom. The van der Waals surface area contributed by atoms with Gasteiger partial charge in [-0.1, -0.05) is 50.1 Å².